The lowest BCUT2D eigenvalue weighted by molar-refractivity contribution is 0.580. The van der Waals surface area contributed by atoms with Gasteiger partial charge < -0.3 is 5.32 Å². The predicted molar refractivity (Wildman–Crippen MR) is 61.3 cm³/mol. The number of halogens is 3. The second kappa shape index (κ2) is 4.84. The van der Waals surface area contributed by atoms with Crippen molar-refractivity contribution >= 4 is 33.1 Å². The van der Waals surface area contributed by atoms with Crippen molar-refractivity contribution in [3.63, 3.8) is 0 Å². The van der Waals surface area contributed by atoms with E-state index >= 15 is 0 Å². The number of benzene rings is 1. The van der Waals surface area contributed by atoms with Gasteiger partial charge in [-0.15, -0.1) is 5.10 Å². The van der Waals surface area contributed by atoms with Crippen LogP contribution in [0.2, 0.25) is 0 Å². The molecule has 1 aromatic heterocycles. The van der Waals surface area contributed by atoms with Crippen molar-refractivity contribution in [1.29, 1.82) is 0 Å². The van der Waals surface area contributed by atoms with Gasteiger partial charge >= 0.3 is 0 Å². The molecule has 0 radical (unpaired) electrons. The molecule has 0 aliphatic heterocycles. The molecule has 7 heteroatoms. The Bertz CT molecular complexity index is 490. The summed E-state index contributed by atoms with van der Waals surface area (Å²) < 4.78 is 30.1. The van der Waals surface area contributed by atoms with Crippen molar-refractivity contribution in [2.24, 2.45) is 0 Å². The summed E-state index contributed by atoms with van der Waals surface area (Å²) in [6.07, 6.45) is 0. The summed E-state index contributed by atoms with van der Waals surface area (Å²) in [6.45, 7) is 0.353. The van der Waals surface area contributed by atoms with E-state index in [0.717, 1.165) is 6.07 Å². The Morgan fingerprint density at radius 2 is 2.12 bits per heavy atom. The first-order chi connectivity index (χ1) is 7.66. The fraction of sp³-hybridized carbons (Fsp3) is 0.111. The van der Waals surface area contributed by atoms with Gasteiger partial charge in [0.2, 0.25) is 0 Å². The van der Waals surface area contributed by atoms with Gasteiger partial charge in [-0.1, -0.05) is 4.49 Å². The summed E-state index contributed by atoms with van der Waals surface area (Å²) in [7, 11) is 0. The third kappa shape index (κ3) is 2.53. The van der Waals surface area contributed by atoms with Crippen molar-refractivity contribution in [2.75, 3.05) is 5.32 Å². The van der Waals surface area contributed by atoms with E-state index in [9.17, 15) is 8.78 Å². The standard InChI is InChI=1S/C9H6BrF2N3S/c10-6-1-9(8(12)2-7(6)11)13-3-5-4-16-15-14-5/h1-2,4,13H,3H2. The number of hydrogen-bond donors (Lipinski definition) is 1. The van der Waals surface area contributed by atoms with Crippen molar-refractivity contribution < 1.29 is 8.78 Å². The van der Waals surface area contributed by atoms with Crippen LogP contribution in [0.15, 0.2) is 22.0 Å². The van der Waals surface area contributed by atoms with E-state index in [1.165, 1.54) is 17.6 Å². The lowest BCUT2D eigenvalue weighted by Crippen LogP contribution is -2.02. The van der Waals surface area contributed by atoms with Gasteiger partial charge in [0.15, 0.2) is 0 Å². The third-order valence-corrected chi connectivity index (χ3v) is 3.04. The average Bonchev–Trinajstić information content (AvgIpc) is 2.74. The van der Waals surface area contributed by atoms with Gasteiger partial charge in [-0.05, 0) is 33.5 Å². The van der Waals surface area contributed by atoms with Crippen molar-refractivity contribution in [3.8, 4) is 0 Å². The molecule has 2 rings (SSSR count). The van der Waals surface area contributed by atoms with Crippen LogP contribution < -0.4 is 5.32 Å². The van der Waals surface area contributed by atoms with Crippen LogP contribution in [-0.4, -0.2) is 9.59 Å². The highest BCUT2D eigenvalue weighted by atomic mass is 79.9. The fourth-order valence-electron chi connectivity index (χ4n) is 1.10. The van der Waals surface area contributed by atoms with Crippen molar-refractivity contribution in [1.82, 2.24) is 9.59 Å². The predicted octanol–water partition coefficient (Wildman–Crippen LogP) is 3.19. The molecule has 0 spiro atoms. The maximum Gasteiger partial charge on any atom is 0.149 e. The molecular formula is C9H6BrF2N3S. The molecule has 84 valence electrons. The van der Waals surface area contributed by atoms with Crippen molar-refractivity contribution in [3.05, 3.63) is 39.3 Å². The van der Waals surface area contributed by atoms with Gasteiger partial charge in [0.05, 0.1) is 22.4 Å². The highest BCUT2D eigenvalue weighted by Crippen LogP contribution is 2.23. The van der Waals surface area contributed by atoms with E-state index < -0.39 is 11.6 Å². The van der Waals surface area contributed by atoms with Gasteiger partial charge in [0.25, 0.3) is 0 Å². The summed E-state index contributed by atoms with van der Waals surface area (Å²) >= 11 is 4.21. The minimum atomic E-state index is -0.635. The fourth-order valence-corrected chi connectivity index (χ4v) is 1.90. The van der Waals surface area contributed by atoms with E-state index in [2.05, 4.69) is 30.8 Å². The maximum absolute atomic E-state index is 13.3. The number of anilines is 1. The molecule has 0 unspecified atom stereocenters. The van der Waals surface area contributed by atoms with Gasteiger partial charge in [-0.25, -0.2) is 8.78 Å². The lowest BCUT2D eigenvalue weighted by atomic mass is 10.3. The monoisotopic (exact) mass is 305 g/mol. The Hall–Kier alpha value is -1.08. The molecule has 16 heavy (non-hydrogen) atoms. The van der Waals surface area contributed by atoms with Crippen LogP contribution in [0.1, 0.15) is 5.69 Å². The first-order valence-corrected chi connectivity index (χ1v) is 5.94. The van der Waals surface area contributed by atoms with Crippen LogP contribution in [0.5, 0.6) is 0 Å². The van der Waals surface area contributed by atoms with Gasteiger partial charge in [-0.3, -0.25) is 0 Å². The number of nitrogens with zero attached hydrogens (tertiary/aromatic N) is 2. The topological polar surface area (TPSA) is 37.8 Å². The van der Waals surface area contributed by atoms with Gasteiger partial charge in [0, 0.05) is 11.4 Å². The quantitative estimate of drug-likeness (QED) is 0.885. The number of rotatable bonds is 3. The van der Waals surface area contributed by atoms with E-state index in [1.807, 2.05) is 0 Å². The summed E-state index contributed by atoms with van der Waals surface area (Å²) in [4.78, 5) is 0. The molecule has 1 heterocycles. The second-order valence-corrected chi connectivity index (χ2v) is 4.46. The number of hydrogen-bond acceptors (Lipinski definition) is 4. The molecule has 1 N–H and O–H groups in total. The summed E-state index contributed by atoms with van der Waals surface area (Å²) in [5, 5.41) is 8.37. The summed E-state index contributed by atoms with van der Waals surface area (Å²) in [5.74, 6) is -1.26. The molecule has 0 amide bonds. The second-order valence-electron chi connectivity index (χ2n) is 3.00. The maximum atomic E-state index is 13.3. The zero-order chi connectivity index (χ0) is 11.5. The van der Waals surface area contributed by atoms with Crippen molar-refractivity contribution in [2.45, 2.75) is 6.54 Å². The van der Waals surface area contributed by atoms with E-state index in [0.29, 0.717) is 12.2 Å². The molecule has 0 saturated heterocycles. The largest absolute Gasteiger partial charge is 0.377 e. The van der Waals surface area contributed by atoms with E-state index in [-0.39, 0.29) is 10.2 Å². The molecule has 0 atom stereocenters. The highest BCUT2D eigenvalue weighted by Gasteiger charge is 2.08. The molecule has 0 aliphatic carbocycles. The molecule has 0 saturated carbocycles. The normalized spacial score (nSPS) is 10.4. The number of aromatic nitrogens is 2. The molecule has 3 nitrogen and oxygen atoms in total. The molecule has 0 aliphatic rings. The molecule has 0 fully saturated rings. The first kappa shape index (κ1) is 11.4. The molecular weight excluding hydrogens is 300 g/mol. The van der Waals surface area contributed by atoms with E-state index in [1.54, 1.807) is 5.38 Å². The Morgan fingerprint density at radius 1 is 1.31 bits per heavy atom. The minimum absolute atomic E-state index is 0.216. The van der Waals surface area contributed by atoms with Crippen LogP contribution in [-0.2, 0) is 6.54 Å². The SMILES string of the molecule is Fc1cc(F)c(NCc2csnn2)cc1Br. The van der Waals surface area contributed by atoms with Gasteiger partial charge in [0.1, 0.15) is 11.6 Å². The zero-order valence-corrected chi connectivity index (χ0v) is 10.3. The minimum Gasteiger partial charge on any atom is -0.377 e. The summed E-state index contributed by atoms with van der Waals surface area (Å²) in [6, 6.07) is 2.18. The average molecular weight is 306 g/mol. The lowest BCUT2D eigenvalue weighted by Gasteiger charge is -2.06. The van der Waals surface area contributed by atoms with E-state index in [4.69, 9.17) is 0 Å². The Balaban J connectivity index is 2.12. The van der Waals surface area contributed by atoms with Crippen LogP contribution in [0.3, 0.4) is 0 Å². The Labute approximate surface area is 103 Å². The summed E-state index contributed by atoms with van der Waals surface area (Å²) in [5.41, 5.74) is 0.936. The first-order valence-electron chi connectivity index (χ1n) is 4.31. The third-order valence-electron chi connectivity index (χ3n) is 1.88. The zero-order valence-electron chi connectivity index (χ0n) is 7.88. The van der Waals surface area contributed by atoms with Crippen LogP contribution >= 0.6 is 27.5 Å². The Morgan fingerprint density at radius 3 is 2.81 bits per heavy atom. The Kier molecular flexibility index (Phi) is 3.45. The molecule has 0 bridgehead atoms. The van der Waals surface area contributed by atoms with Crippen LogP contribution in [0, 0.1) is 11.6 Å². The highest BCUT2D eigenvalue weighted by molar-refractivity contribution is 9.10. The number of nitrogens with one attached hydrogen (secondary N) is 1. The van der Waals surface area contributed by atoms with Crippen LogP contribution in [0.4, 0.5) is 14.5 Å². The smallest absolute Gasteiger partial charge is 0.149 e. The molecule has 2 aromatic rings. The molecule has 1 aromatic carbocycles. The van der Waals surface area contributed by atoms with Crippen LogP contribution in [0.25, 0.3) is 0 Å². The van der Waals surface area contributed by atoms with Gasteiger partial charge in [-0.2, -0.15) is 0 Å².